The molecular formula is C14H17BrN2O. The van der Waals surface area contributed by atoms with E-state index in [9.17, 15) is 4.79 Å². The number of nitrogens with zero attached hydrogens (tertiary/aromatic N) is 2. The van der Waals surface area contributed by atoms with Gasteiger partial charge in [-0.25, -0.2) is 4.98 Å². The second-order valence-corrected chi connectivity index (χ2v) is 6.08. The summed E-state index contributed by atoms with van der Waals surface area (Å²) in [6.07, 6.45) is 7.93. The second kappa shape index (κ2) is 5.00. The molecule has 1 aliphatic carbocycles. The summed E-state index contributed by atoms with van der Waals surface area (Å²) in [6.45, 7) is 0.921. The van der Waals surface area contributed by atoms with Crippen LogP contribution in [0.4, 0.5) is 0 Å². The van der Waals surface area contributed by atoms with Gasteiger partial charge in [0.1, 0.15) is 4.60 Å². The minimum Gasteiger partial charge on any atom is -0.335 e. The van der Waals surface area contributed by atoms with Crippen LogP contribution in [0.5, 0.6) is 0 Å². The Labute approximate surface area is 116 Å². The van der Waals surface area contributed by atoms with Gasteiger partial charge in [0.25, 0.3) is 5.91 Å². The lowest BCUT2D eigenvalue weighted by Crippen LogP contribution is -2.39. The molecule has 0 radical (unpaired) electrons. The van der Waals surface area contributed by atoms with Crippen LogP contribution in [0.15, 0.2) is 22.9 Å². The fraction of sp³-hybridized carbons (Fsp3) is 0.571. The number of pyridine rings is 1. The highest BCUT2D eigenvalue weighted by atomic mass is 79.9. The van der Waals surface area contributed by atoms with Crippen LogP contribution in [-0.2, 0) is 0 Å². The fourth-order valence-corrected chi connectivity index (χ4v) is 3.56. The Balaban J connectivity index is 1.78. The number of carbonyl (C=O) groups excluding carboxylic acids is 1. The highest BCUT2D eigenvalue weighted by Crippen LogP contribution is 2.36. The van der Waals surface area contributed by atoms with E-state index in [2.05, 4.69) is 25.8 Å². The molecule has 1 aliphatic heterocycles. The molecule has 1 aromatic rings. The predicted octanol–water partition coefficient (Wildman–Crippen LogP) is 3.25. The smallest absolute Gasteiger partial charge is 0.255 e. The molecule has 1 saturated carbocycles. The summed E-state index contributed by atoms with van der Waals surface area (Å²) in [6, 6.07) is 4.17. The minimum absolute atomic E-state index is 0.157. The number of fused-ring (bicyclic) bond motifs is 1. The van der Waals surface area contributed by atoms with Crippen molar-refractivity contribution in [1.29, 1.82) is 0 Å². The molecule has 2 aliphatic rings. The summed E-state index contributed by atoms with van der Waals surface area (Å²) in [7, 11) is 0. The lowest BCUT2D eigenvalue weighted by molar-refractivity contribution is 0.0689. The van der Waals surface area contributed by atoms with Crippen LogP contribution in [0.25, 0.3) is 0 Å². The first kappa shape index (κ1) is 12.2. The average Bonchev–Trinajstić information content (AvgIpc) is 2.82. The zero-order chi connectivity index (χ0) is 12.5. The molecule has 2 fully saturated rings. The van der Waals surface area contributed by atoms with Gasteiger partial charge in [-0.05, 0) is 53.2 Å². The van der Waals surface area contributed by atoms with Gasteiger partial charge in [0, 0.05) is 18.8 Å². The molecule has 0 aromatic carbocycles. The van der Waals surface area contributed by atoms with Crippen molar-refractivity contribution in [3.8, 4) is 0 Å². The number of halogens is 1. The number of carbonyl (C=O) groups is 1. The minimum atomic E-state index is 0.157. The Morgan fingerprint density at radius 3 is 2.89 bits per heavy atom. The SMILES string of the molecule is O=C(c1ccc(Br)nc1)N1CCC2CCCCC21. The van der Waals surface area contributed by atoms with Crippen LogP contribution in [0.2, 0.25) is 0 Å². The molecular weight excluding hydrogens is 292 g/mol. The van der Waals surface area contributed by atoms with Crippen molar-refractivity contribution in [2.45, 2.75) is 38.1 Å². The molecule has 1 aromatic heterocycles. The van der Waals surface area contributed by atoms with Gasteiger partial charge in [0.05, 0.1) is 5.56 Å². The molecule has 2 atom stereocenters. The second-order valence-electron chi connectivity index (χ2n) is 5.27. The first-order valence-corrected chi connectivity index (χ1v) is 7.47. The lowest BCUT2D eigenvalue weighted by atomic mass is 9.85. The molecule has 4 heteroatoms. The molecule has 0 N–H and O–H groups in total. The van der Waals surface area contributed by atoms with Gasteiger partial charge in [-0.2, -0.15) is 0 Å². The molecule has 2 heterocycles. The van der Waals surface area contributed by atoms with Crippen LogP contribution in [0, 0.1) is 5.92 Å². The van der Waals surface area contributed by atoms with Crippen LogP contribution in [-0.4, -0.2) is 28.4 Å². The van der Waals surface area contributed by atoms with E-state index in [0.717, 1.165) is 17.1 Å². The van der Waals surface area contributed by atoms with Crippen molar-refractivity contribution in [3.63, 3.8) is 0 Å². The highest BCUT2D eigenvalue weighted by molar-refractivity contribution is 9.10. The molecule has 18 heavy (non-hydrogen) atoms. The molecule has 0 spiro atoms. The first-order chi connectivity index (χ1) is 8.75. The fourth-order valence-electron chi connectivity index (χ4n) is 3.33. The molecule has 3 rings (SSSR count). The predicted molar refractivity (Wildman–Crippen MR) is 73.3 cm³/mol. The standard InChI is InChI=1S/C14H17BrN2O/c15-13-6-5-11(9-16-13)14(18)17-8-7-10-3-1-2-4-12(10)17/h5-6,9-10,12H,1-4,7-8H2. The Bertz CT molecular complexity index is 446. The molecule has 0 bridgehead atoms. The molecule has 96 valence electrons. The van der Waals surface area contributed by atoms with Crippen molar-refractivity contribution >= 4 is 21.8 Å². The third kappa shape index (κ3) is 2.18. The summed E-state index contributed by atoms with van der Waals surface area (Å²) in [4.78, 5) is 18.7. The summed E-state index contributed by atoms with van der Waals surface area (Å²) in [5.41, 5.74) is 0.712. The molecule has 1 saturated heterocycles. The third-order valence-electron chi connectivity index (χ3n) is 4.25. The first-order valence-electron chi connectivity index (χ1n) is 6.68. The Kier molecular flexibility index (Phi) is 3.37. The zero-order valence-electron chi connectivity index (χ0n) is 10.3. The lowest BCUT2D eigenvalue weighted by Gasteiger charge is -2.31. The van der Waals surface area contributed by atoms with Crippen LogP contribution in [0.1, 0.15) is 42.5 Å². The van der Waals surface area contributed by atoms with Gasteiger partial charge in [-0.1, -0.05) is 12.8 Å². The van der Waals surface area contributed by atoms with Gasteiger partial charge in [-0.3, -0.25) is 4.79 Å². The number of amides is 1. The Hall–Kier alpha value is -0.900. The molecule has 2 unspecified atom stereocenters. The Morgan fingerprint density at radius 2 is 2.11 bits per heavy atom. The third-order valence-corrected chi connectivity index (χ3v) is 4.71. The number of aromatic nitrogens is 1. The van der Waals surface area contributed by atoms with Crippen molar-refractivity contribution in [1.82, 2.24) is 9.88 Å². The average molecular weight is 309 g/mol. The van der Waals surface area contributed by atoms with E-state index in [1.54, 1.807) is 6.20 Å². The van der Waals surface area contributed by atoms with Crippen LogP contribution < -0.4 is 0 Å². The van der Waals surface area contributed by atoms with Crippen molar-refractivity contribution in [2.24, 2.45) is 5.92 Å². The van der Waals surface area contributed by atoms with E-state index in [-0.39, 0.29) is 5.91 Å². The summed E-state index contributed by atoms with van der Waals surface area (Å²) >= 11 is 3.30. The van der Waals surface area contributed by atoms with E-state index in [1.165, 1.54) is 32.1 Å². The monoisotopic (exact) mass is 308 g/mol. The van der Waals surface area contributed by atoms with E-state index in [4.69, 9.17) is 0 Å². The zero-order valence-corrected chi connectivity index (χ0v) is 11.9. The quantitative estimate of drug-likeness (QED) is 0.746. The normalized spacial score (nSPS) is 27.1. The van der Waals surface area contributed by atoms with Crippen LogP contribution in [0.3, 0.4) is 0 Å². The summed E-state index contributed by atoms with van der Waals surface area (Å²) in [5, 5.41) is 0. The highest BCUT2D eigenvalue weighted by Gasteiger charge is 2.38. The summed E-state index contributed by atoms with van der Waals surface area (Å²) in [5.74, 6) is 0.899. The van der Waals surface area contributed by atoms with Gasteiger partial charge >= 0.3 is 0 Å². The number of rotatable bonds is 1. The van der Waals surface area contributed by atoms with E-state index < -0.39 is 0 Å². The van der Waals surface area contributed by atoms with Gasteiger partial charge in [-0.15, -0.1) is 0 Å². The van der Waals surface area contributed by atoms with E-state index in [0.29, 0.717) is 11.6 Å². The number of hydrogen-bond acceptors (Lipinski definition) is 2. The summed E-state index contributed by atoms with van der Waals surface area (Å²) < 4.78 is 0.774. The van der Waals surface area contributed by atoms with Crippen molar-refractivity contribution in [3.05, 3.63) is 28.5 Å². The maximum atomic E-state index is 12.5. The van der Waals surface area contributed by atoms with E-state index >= 15 is 0 Å². The molecule has 3 nitrogen and oxygen atoms in total. The van der Waals surface area contributed by atoms with Gasteiger partial charge in [0.15, 0.2) is 0 Å². The molecule has 1 amide bonds. The van der Waals surface area contributed by atoms with Gasteiger partial charge < -0.3 is 4.90 Å². The largest absolute Gasteiger partial charge is 0.335 e. The maximum absolute atomic E-state index is 12.5. The number of likely N-dealkylation sites (tertiary alicyclic amines) is 1. The van der Waals surface area contributed by atoms with E-state index in [1.807, 2.05) is 12.1 Å². The Morgan fingerprint density at radius 1 is 1.28 bits per heavy atom. The van der Waals surface area contributed by atoms with Crippen molar-refractivity contribution in [2.75, 3.05) is 6.54 Å². The van der Waals surface area contributed by atoms with Crippen molar-refractivity contribution < 1.29 is 4.79 Å². The maximum Gasteiger partial charge on any atom is 0.255 e. The number of hydrogen-bond donors (Lipinski definition) is 0. The van der Waals surface area contributed by atoms with Crippen LogP contribution >= 0.6 is 15.9 Å². The van der Waals surface area contributed by atoms with Gasteiger partial charge in [0.2, 0.25) is 0 Å². The topological polar surface area (TPSA) is 33.2 Å².